The molecular weight excluding hydrogens is 345 g/mol. The van der Waals surface area contributed by atoms with Gasteiger partial charge in [0.2, 0.25) is 0 Å². The Morgan fingerprint density at radius 3 is 2.58 bits per heavy atom. The van der Waals surface area contributed by atoms with E-state index in [0.29, 0.717) is 28.1 Å². The average Bonchev–Trinajstić information content (AvgIpc) is 2.61. The number of rotatable bonds is 2. The highest BCUT2D eigenvalue weighted by Gasteiger charge is 2.31. The summed E-state index contributed by atoms with van der Waals surface area (Å²) >= 11 is 0. The van der Waals surface area contributed by atoms with Crippen molar-refractivity contribution in [1.29, 1.82) is 5.26 Å². The summed E-state index contributed by atoms with van der Waals surface area (Å²) in [5, 5.41) is 11.7. The first-order valence-corrected chi connectivity index (χ1v) is 7.70. The van der Waals surface area contributed by atoms with Gasteiger partial charge in [-0.25, -0.2) is 4.79 Å². The Balaban J connectivity index is 1.91. The van der Waals surface area contributed by atoms with E-state index in [4.69, 9.17) is 5.26 Å². The van der Waals surface area contributed by atoms with Gasteiger partial charge in [0.05, 0.1) is 22.9 Å². The molecule has 1 aliphatic heterocycles. The molecule has 2 heterocycles. The number of benzene rings is 1. The van der Waals surface area contributed by atoms with Crippen LogP contribution in [0.5, 0.6) is 0 Å². The first-order valence-electron chi connectivity index (χ1n) is 7.70. The number of aliphatic imine (C=N–C) groups is 1. The van der Waals surface area contributed by atoms with Gasteiger partial charge in [-0.2, -0.15) is 23.4 Å². The normalized spacial score (nSPS) is 17.3. The molecule has 2 amide bonds. The molecule has 0 aliphatic carbocycles. The summed E-state index contributed by atoms with van der Waals surface area (Å²) < 4.78 is 38.1. The Morgan fingerprint density at radius 1 is 1.27 bits per heavy atom. The third-order valence-electron chi connectivity index (χ3n) is 4.10. The summed E-state index contributed by atoms with van der Waals surface area (Å²) in [5.74, 6) is 0. The minimum atomic E-state index is -4.42. The number of aryl methyl sites for hydroxylation is 1. The Labute approximate surface area is 147 Å². The summed E-state index contributed by atoms with van der Waals surface area (Å²) in [6, 6.07) is 7.13. The fourth-order valence-corrected chi connectivity index (χ4v) is 2.76. The number of hydrogen-bond donors (Lipinski definition) is 1. The molecule has 2 aromatic rings. The number of carbonyl (C=O) groups excluding carboxylic acids is 1. The van der Waals surface area contributed by atoms with E-state index >= 15 is 0 Å². The van der Waals surface area contributed by atoms with Gasteiger partial charge < -0.3 is 5.32 Å². The first-order chi connectivity index (χ1) is 12.3. The van der Waals surface area contributed by atoms with Crippen LogP contribution in [-0.4, -0.2) is 16.7 Å². The molecule has 0 bridgehead atoms. The highest BCUT2D eigenvalue weighted by molar-refractivity contribution is 6.08. The van der Waals surface area contributed by atoms with Gasteiger partial charge in [0.15, 0.2) is 0 Å². The predicted molar refractivity (Wildman–Crippen MR) is 87.6 cm³/mol. The molecule has 1 aliphatic rings. The number of pyridine rings is 1. The molecule has 5 nitrogen and oxygen atoms in total. The molecule has 26 heavy (non-hydrogen) atoms. The van der Waals surface area contributed by atoms with Crippen molar-refractivity contribution in [2.45, 2.75) is 25.6 Å². The van der Waals surface area contributed by atoms with Crippen molar-refractivity contribution in [3.8, 4) is 6.07 Å². The monoisotopic (exact) mass is 358 g/mol. The lowest BCUT2D eigenvalue weighted by molar-refractivity contribution is -0.137. The van der Waals surface area contributed by atoms with Crippen LogP contribution in [0.1, 0.15) is 40.4 Å². The first kappa shape index (κ1) is 17.6. The lowest BCUT2D eigenvalue weighted by Gasteiger charge is -2.24. The van der Waals surface area contributed by atoms with Gasteiger partial charge >= 0.3 is 12.2 Å². The van der Waals surface area contributed by atoms with Crippen molar-refractivity contribution in [3.05, 3.63) is 64.5 Å². The van der Waals surface area contributed by atoms with E-state index < -0.39 is 23.8 Å². The van der Waals surface area contributed by atoms with Gasteiger partial charge in [-0.3, -0.25) is 4.98 Å². The van der Waals surface area contributed by atoms with E-state index in [-0.39, 0.29) is 6.42 Å². The number of alkyl halides is 3. The van der Waals surface area contributed by atoms with Gasteiger partial charge in [0.25, 0.3) is 0 Å². The van der Waals surface area contributed by atoms with Crippen LogP contribution in [0.25, 0.3) is 0 Å². The summed E-state index contributed by atoms with van der Waals surface area (Å²) in [5.41, 5.74) is 1.77. The SMILES string of the molecule is Cc1ncc(C#N)cc1C1=NC(=O)NC(c2ccc(C(F)(F)F)cc2)C1. The van der Waals surface area contributed by atoms with Crippen molar-refractivity contribution >= 4 is 11.7 Å². The third-order valence-corrected chi connectivity index (χ3v) is 4.10. The van der Waals surface area contributed by atoms with E-state index in [1.807, 2.05) is 6.07 Å². The zero-order valence-corrected chi connectivity index (χ0v) is 13.6. The molecule has 0 spiro atoms. The number of hydrogen-bond acceptors (Lipinski definition) is 3. The number of nitrogens with zero attached hydrogens (tertiary/aromatic N) is 3. The van der Waals surface area contributed by atoms with Crippen molar-refractivity contribution in [1.82, 2.24) is 10.3 Å². The van der Waals surface area contributed by atoms with Crippen LogP contribution in [0.15, 0.2) is 41.5 Å². The van der Waals surface area contributed by atoms with Crippen LogP contribution in [-0.2, 0) is 6.18 Å². The highest BCUT2D eigenvalue weighted by atomic mass is 19.4. The maximum Gasteiger partial charge on any atom is 0.416 e. The highest BCUT2D eigenvalue weighted by Crippen LogP contribution is 2.31. The zero-order valence-electron chi connectivity index (χ0n) is 13.6. The van der Waals surface area contributed by atoms with E-state index in [2.05, 4.69) is 15.3 Å². The van der Waals surface area contributed by atoms with E-state index in [1.165, 1.54) is 18.3 Å². The number of carbonyl (C=O) groups is 1. The van der Waals surface area contributed by atoms with Crippen LogP contribution in [0.4, 0.5) is 18.0 Å². The largest absolute Gasteiger partial charge is 0.416 e. The van der Waals surface area contributed by atoms with Crippen LogP contribution < -0.4 is 5.32 Å². The Morgan fingerprint density at radius 2 is 1.96 bits per heavy atom. The Bertz CT molecular complexity index is 927. The fraction of sp³-hybridized carbons (Fsp3) is 0.222. The van der Waals surface area contributed by atoms with Gasteiger partial charge in [-0.1, -0.05) is 12.1 Å². The summed E-state index contributed by atoms with van der Waals surface area (Å²) in [7, 11) is 0. The lowest BCUT2D eigenvalue weighted by Crippen LogP contribution is -2.34. The molecule has 0 saturated heterocycles. The molecule has 0 saturated carbocycles. The van der Waals surface area contributed by atoms with Crippen LogP contribution in [0, 0.1) is 18.3 Å². The second-order valence-electron chi connectivity index (χ2n) is 5.85. The number of nitrogens with one attached hydrogen (secondary N) is 1. The van der Waals surface area contributed by atoms with Crippen molar-refractivity contribution in [3.63, 3.8) is 0 Å². The molecule has 132 valence electrons. The minimum absolute atomic E-state index is 0.286. The molecule has 1 aromatic carbocycles. The smallest absolute Gasteiger partial charge is 0.329 e. The molecule has 0 fully saturated rings. The van der Waals surface area contributed by atoms with Gasteiger partial charge in [0, 0.05) is 23.9 Å². The van der Waals surface area contributed by atoms with Crippen molar-refractivity contribution in [2.75, 3.05) is 0 Å². The van der Waals surface area contributed by atoms with Crippen molar-refractivity contribution in [2.24, 2.45) is 4.99 Å². The quantitative estimate of drug-likeness (QED) is 0.884. The maximum absolute atomic E-state index is 12.7. The van der Waals surface area contributed by atoms with E-state index in [9.17, 15) is 18.0 Å². The molecular formula is C18H13F3N4O. The summed E-state index contributed by atoms with van der Waals surface area (Å²) in [6.07, 6.45) is -2.70. The number of nitriles is 1. The lowest BCUT2D eigenvalue weighted by atomic mass is 9.94. The van der Waals surface area contributed by atoms with E-state index in [0.717, 1.165) is 12.1 Å². The molecule has 1 atom stereocenters. The molecule has 1 unspecified atom stereocenters. The molecule has 8 heteroatoms. The number of amides is 2. The minimum Gasteiger partial charge on any atom is -0.329 e. The Kier molecular flexibility index (Phi) is 4.47. The topological polar surface area (TPSA) is 78.1 Å². The molecule has 1 aromatic heterocycles. The third kappa shape index (κ3) is 3.57. The number of aromatic nitrogens is 1. The summed E-state index contributed by atoms with van der Waals surface area (Å²) in [4.78, 5) is 20.0. The van der Waals surface area contributed by atoms with Gasteiger partial charge in [0.1, 0.15) is 6.07 Å². The Hall–Kier alpha value is -3.21. The summed E-state index contributed by atoms with van der Waals surface area (Å²) in [6.45, 7) is 1.73. The molecule has 3 rings (SSSR count). The fourth-order valence-electron chi connectivity index (χ4n) is 2.76. The van der Waals surface area contributed by atoms with E-state index in [1.54, 1.807) is 13.0 Å². The number of urea groups is 1. The predicted octanol–water partition coefficient (Wildman–Crippen LogP) is 3.92. The molecule has 1 N–H and O–H groups in total. The maximum atomic E-state index is 12.7. The average molecular weight is 358 g/mol. The standard InChI is InChI=1S/C18H13F3N4O/c1-10-14(6-11(8-22)9-23-10)16-7-15(24-17(26)25-16)12-2-4-13(5-3-12)18(19,20)21/h2-6,9,15H,7H2,1H3,(H,24,26). The second-order valence-corrected chi connectivity index (χ2v) is 5.85. The zero-order chi connectivity index (χ0) is 18.9. The van der Waals surface area contributed by atoms with Gasteiger partial charge in [-0.15, -0.1) is 0 Å². The van der Waals surface area contributed by atoms with Crippen LogP contribution >= 0.6 is 0 Å². The van der Waals surface area contributed by atoms with Crippen LogP contribution in [0.3, 0.4) is 0 Å². The van der Waals surface area contributed by atoms with Crippen molar-refractivity contribution < 1.29 is 18.0 Å². The van der Waals surface area contributed by atoms with Gasteiger partial charge in [-0.05, 0) is 30.7 Å². The number of halogens is 3. The van der Waals surface area contributed by atoms with Crippen LogP contribution in [0.2, 0.25) is 0 Å². The molecule has 0 radical (unpaired) electrons. The second kappa shape index (κ2) is 6.59.